The Morgan fingerprint density at radius 2 is 2.00 bits per heavy atom. The summed E-state index contributed by atoms with van der Waals surface area (Å²) in [5.74, 6) is 1.20. The summed E-state index contributed by atoms with van der Waals surface area (Å²) >= 11 is 1.24. The SMILES string of the molecule is CCOCCCn1c(SCC(=O)Nc2ccc3c(c2)OCCO3)nc2ccccc2c1=O. The van der Waals surface area contributed by atoms with Crippen LogP contribution in [-0.2, 0) is 16.1 Å². The highest BCUT2D eigenvalue weighted by Gasteiger charge is 2.15. The fourth-order valence-electron chi connectivity index (χ4n) is 3.37. The van der Waals surface area contributed by atoms with Crippen LogP contribution in [0.25, 0.3) is 10.9 Å². The van der Waals surface area contributed by atoms with Gasteiger partial charge in [-0.2, -0.15) is 0 Å². The van der Waals surface area contributed by atoms with Crippen molar-refractivity contribution in [3.8, 4) is 11.5 Å². The first-order chi connectivity index (χ1) is 15.7. The number of carbonyl (C=O) groups excluding carboxylic acids is 1. The molecule has 32 heavy (non-hydrogen) atoms. The monoisotopic (exact) mass is 455 g/mol. The number of aromatic nitrogens is 2. The van der Waals surface area contributed by atoms with Crippen molar-refractivity contribution in [1.29, 1.82) is 0 Å². The highest BCUT2D eigenvalue weighted by Crippen LogP contribution is 2.32. The van der Waals surface area contributed by atoms with Crippen LogP contribution in [0.5, 0.6) is 11.5 Å². The maximum Gasteiger partial charge on any atom is 0.262 e. The van der Waals surface area contributed by atoms with Gasteiger partial charge in [-0.25, -0.2) is 4.98 Å². The Hall–Kier alpha value is -3.04. The van der Waals surface area contributed by atoms with E-state index >= 15 is 0 Å². The fourth-order valence-corrected chi connectivity index (χ4v) is 4.20. The van der Waals surface area contributed by atoms with Gasteiger partial charge >= 0.3 is 0 Å². The van der Waals surface area contributed by atoms with Gasteiger partial charge in [0.05, 0.1) is 16.7 Å². The first-order valence-electron chi connectivity index (χ1n) is 10.6. The molecule has 0 radical (unpaired) electrons. The number of amides is 1. The summed E-state index contributed by atoms with van der Waals surface area (Å²) < 4.78 is 18.1. The van der Waals surface area contributed by atoms with Gasteiger partial charge in [-0.1, -0.05) is 23.9 Å². The lowest BCUT2D eigenvalue weighted by molar-refractivity contribution is -0.113. The number of benzene rings is 2. The summed E-state index contributed by atoms with van der Waals surface area (Å²) in [6, 6.07) is 12.5. The first kappa shape index (κ1) is 22.2. The Kier molecular flexibility index (Phi) is 7.28. The lowest BCUT2D eigenvalue weighted by Gasteiger charge is -2.19. The first-order valence-corrected chi connectivity index (χ1v) is 11.5. The molecule has 8 nitrogen and oxygen atoms in total. The minimum Gasteiger partial charge on any atom is -0.486 e. The van der Waals surface area contributed by atoms with E-state index in [0.29, 0.717) is 72.6 Å². The molecular formula is C23H25N3O5S. The predicted octanol–water partition coefficient (Wildman–Crippen LogP) is 3.33. The molecule has 1 aliphatic heterocycles. The molecule has 9 heteroatoms. The lowest BCUT2D eigenvalue weighted by Crippen LogP contribution is -2.25. The van der Waals surface area contributed by atoms with Crippen LogP contribution in [0.2, 0.25) is 0 Å². The van der Waals surface area contributed by atoms with E-state index in [0.717, 1.165) is 0 Å². The maximum atomic E-state index is 13.0. The largest absolute Gasteiger partial charge is 0.486 e. The van der Waals surface area contributed by atoms with E-state index in [1.165, 1.54) is 11.8 Å². The van der Waals surface area contributed by atoms with Crippen molar-refractivity contribution in [2.75, 3.05) is 37.5 Å². The average molecular weight is 456 g/mol. The molecule has 1 N–H and O–H groups in total. The zero-order valence-electron chi connectivity index (χ0n) is 17.8. The van der Waals surface area contributed by atoms with Crippen molar-refractivity contribution < 1.29 is 19.0 Å². The van der Waals surface area contributed by atoms with Gasteiger partial charge in [-0.3, -0.25) is 14.2 Å². The molecule has 1 amide bonds. The molecule has 0 fully saturated rings. The van der Waals surface area contributed by atoms with Gasteiger partial charge in [0.25, 0.3) is 5.56 Å². The second kappa shape index (κ2) is 10.5. The van der Waals surface area contributed by atoms with E-state index in [1.54, 1.807) is 34.9 Å². The predicted molar refractivity (Wildman–Crippen MR) is 124 cm³/mol. The van der Waals surface area contributed by atoms with Gasteiger partial charge in [-0.15, -0.1) is 0 Å². The zero-order valence-corrected chi connectivity index (χ0v) is 18.7. The van der Waals surface area contributed by atoms with Crippen LogP contribution in [0.4, 0.5) is 5.69 Å². The summed E-state index contributed by atoms with van der Waals surface area (Å²) in [4.78, 5) is 30.2. The van der Waals surface area contributed by atoms with Crippen molar-refractivity contribution in [3.63, 3.8) is 0 Å². The Morgan fingerprint density at radius 3 is 2.84 bits per heavy atom. The van der Waals surface area contributed by atoms with Crippen LogP contribution < -0.4 is 20.3 Å². The third-order valence-electron chi connectivity index (χ3n) is 4.86. The molecule has 2 aromatic carbocycles. The van der Waals surface area contributed by atoms with E-state index in [2.05, 4.69) is 10.3 Å². The molecule has 0 saturated carbocycles. The number of thioether (sulfide) groups is 1. The lowest BCUT2D eigenvalue weighted by atomic mass is 10.2. The van der Waals surface area contributed by atoms with Crippen molar-refractivity contribution in [1.82, 2.24) is 9.55 Å². The summed E-state index contributed by atoms with van der Waals surface area (Å²) in [5, 5.41) is 3.94. The number of hydrogen-bond donors (Lipinski definition) is 1. The van der Waals surface area contributed by atoms with Crippen molar-refractivity contribution in [2.45, 2.75) is 25.0 Å². The third kappa shape index (κ3) is 5.23. The van der Waals surface area contributed by atoms with Crippen molar-refractivity contribution in [3.05, 3.63) is 52.8 Å². The van der Waals surface area contributed by atoms with Gasteiger partial charge in [-0.05, 0) is 37.6 Å². The number of hydrogen-bond acceptors (Lipinski definition) is 7. The van der Waals surface area contributed by atoms with E-state index in [4.69, 9.17) is 14.2 Å². The van der Waals surface area contributed by atoms with Gasteiger partial charge in [0, 0.05) is 31.5 Å². The summed E-state index contributed by atoms with van der Waals surface area (Å²) in [5.41, 5.74) is 1.13. The molecule has 2 heterocycles. The fraction of sp³-hybridized carbons (Fsp3) is 0.348. The number of fused-ring (bicyclic) bond motifs is 2. The Bertz CT molecular complexity index is 1160. The molecule has 0 spiro atoms. The molecule has 4 rings (SSSR count). The van der Waals surface area contributed by atoms with Gasteiger partial charge in [0.15, 0.2) is 16.7 Å². The summed E-state index contributed by atoms with van der Waals surface area (Å²) in [7, 11) is 0. The average Bonchev–Trinajstić information content (AvgIpc) is 2.82. The number of nitrogens with one attached hydrogen (secondary N) is 1. The van der Waals surface area contributed by atoms with Gasteiger partial charge in [0.2, 0.25) is 5.91 Å². The number of carbonyl (C=O) groups is 1. The standard InChI is InChI=1S/C23H25N3O5S/c1-2-29-11-5-10-26-22(28)17-6-3-4-7-18(17)25-23(26)32-15-21(27)24-16-8-9-19-20(14-16)31-13-12-30-19/h3-4,6-9,14H,2,5,10-13,15H2,1H3,(H,24,27). The molecule has 0 unspecified atom stereocenters. The topological polar surface area (TPSA) is 91.7 Å². The molecule has 3 aromatic rings. The number of rotatable bonds is 9. The molecular weight excluding hydrogens is 430 g/mol. The van der Waals surface area contributed by atoms with Crippen LogP contribution in [0.1, 0.15) is 13.3 Å². The van der Waals surface area contributed by atoms with E-state index in [1.807, 2.05) is 19.1 Å². The molecule has 168 valence electrons. The zero-order chi connectivity index (χ0) is 22.3. The van der Waals surface area contributed by atoms with E-state index in [9.17, 15) is 9.59 Å². The van der Waals surface area contributed by atoms with Crippen molar-refractivity contribution >= 4 is 34.3 Å². The van der Waals surface area contributed by atoms with Crippen LogP contribution in [0, 0.1) is 0 Å². The molecule has 1 aliphatic rings. The molecule has 0 saturated heterocycles. The van der Waals surface area contributed by atoms with Gasteiger partial charge in [0.1, 0.15) is 13.2 Å². The number of anilines is 1. The van der Waals surface area contributed by atoms with E-state index in [-0.39, 0.29) is 17.2 Å². The smallest absolute Gasteiger partial charge is 0.262 e. The van der Waals surface area contributed by atoms with Crippen LogP contribution in [0.3, 0.4) is 0 Å². The normalized spacial score (nSPS) is 12.7. The molecule has 0 aliphatic carbocycles. The molecule has 0 bridgehead atoms. The Morgan fingerprint density at radius 1 is 1.19 bits per heavy atom. The quantitative estimate of drug-likeness (QED) is 0.301. The maximum absolute atomic E-state index is 13.0. The Balaban J connectivity index is 1.47. The minimum absolute atomic E-state index is 0.109. The summed E-state index contributed by atoms with van der Waals surface area (Å²) in [6.45, 7) is 4.60. The van der Waals surface area contributed by atoms with Crippen LogP contribution >= 0.6 is 11.8 Å². The third-order valence-corrected chi connectivity index (χ3v) is 5.84. The highest BCUT2D eigenvalue weighted by molar-refractivity contribution is 7.99. The molecule has 0 atom stereocenters. The number of para-hydroxylation sites is 1. The van der Waals surface area contributed by atoms with Crippen LogP contribution in [-0.4, -0.2) is 47.6 Å². The molecule has 1 aromatic heterocycles. The second-order valence-electron chi connectivity index (χ2n) is 7.11. The Labute approximate surface area is 189 Å². The van der Waals surface area contributed by atoms with Crippen LogP contribution in [0.15, 0.2) is 52.4 Å². The van der Waals surface area contributed by atoms with E-state index < -0.39 is 0 Å². The van der Waals surface area contributed by atoms with Crippen molar-refractivity contribution in [2.24, 2.45) is 0 Å². The highest BCUT2D eigenvalue weighted by atomic mass is 32.2. The summed E-state index contributed by atoms with van der Waals surface area (Å²) in [6.07, 6.45) is 0.685. The van der Waals surface area contributed by atoms with Gasteiger partial charge < -0.3 is 19.5 Å². The number of nitrogens with zero attached hydrogens (tertiary/aromatic N) is 2. The second-order valence-corrected chi connectivity index (χ2v) is 8.06. The number of ether oxygens (including phenoxy) is 3. The minimum atomic E-state index is -0.199.